The second kappa shape index (κ2) is 6.33. The average Bonchev–Trinajstić information content (AvgIpc) is 2.41. The Hall–Kier alpha value is -0.643. The third kappa shape index (κ3) is 3.66. The van der Waals surface area contributed by atoms with Gasteiger partial charge in [-0.05, 0) is 24.4 Å². The van der Waals surface area contributed by atoms with Crippen LogP contribution in [0.25, 0.3) is 0 Å². The topological polar surface area (TPSA) is 18.5 Å². The van der Waals surface area contributed by atoms with Crippen molar-refractivity contribution in [2.75, 3.05) is 6.61 Å². The lowest BCUT2D eigenvalue weighted by Crippen LogP contribution is -2.41. The van der Waals surface area contributed by atoms with E-state index in [1.54, 1.807) is 0 Å². The molecular formula is C14H22O2Si. The lowest BCUT2D eigenvalue weighted by molar-refractivity contribution is -0.0470. The van der Waals surface area contributed by atoms with Crippen molar-refractivity contribution in [3.8, 4) is 0 Å². The van der Waals surface area contributed by atoms with E-state index < -0.39 is 0 Å². The standard InChI is InChI=1S/C14H22O2Si/c1-2-14(9-6-10-17-16-14)12-15-11-13-7-4-3-5-8-13/h3-5,7-8H,2,6,9-12,17H2,1H3. The van der Waals surface area contributed by atoms with Gasteiger partial charge in [0.05, 0.1) is 18.8 Å². The molecular weight excluding hydrogens is 228 g/mol. The fourth-order valence-corrected chi connectivity index (χ4v) is 3.80. The Labute approximate surface area is 106 Å². The maximum atomic E-state index is 6.07. The normalized spacial score (nSPS) is 26.2. The van der Waals surface area contributed by atoms with Gasteiger partial charge in [-0.25, -0.2) is 0 Å². The summed E-state index contributed by atoms with van der Waals surface area (Å²) < 4.78 is 11.9. The monoisotopic (exact) mass is 250 g/mol. The fourth-order valence-electron chi connectivity index (χ4n) is 2.33. The average molecular weight is 250 g/mol. The number of rotatable bonds is 5. The van der Waals surface area contributed by atoms with Crippen LogP contribution in [0.15, 0.2) is 30.3 Å². The molecule has 1 fully saturated rings. The predicted octanol–water partition coefficient (Wildman–Crippen LogP) is 2.66. The molecule has 0 N–H and O–H groups in total. The van der Waals surface area contributed by atoms with Crippen LogP contribution in [0.2, 0.25) is 6.04 Å². The molecule has 1 aliphatic heterocycles. The summed E-state index contributed by atoms with van der Waals surface area (Å²) in [6.07, 6.45) is 3.58. The molecule has 1 aliphatic rings. The van der Waals surface area contributed by atoms with Crippen LogP contribution in [-0.4, -0.2) is 22.0 Å². The molecule has 1 unspecified atom stereocenters. The van der Waals surface area contributed by atoms with Crippen LogP contribution in [0.4, 0.5) is 0 Å². The van der Waals surface area contributed by atoms with Crippen LogP contribution in [-0.2, 0) is 15.8 Å². The van der Waals surface area contributed by atoms with Gasteiger partial charge in [-0.2, -0.15) is 0 Å². The summed E-state index contributed by atoms with van der Waals surface area (Å²) in [5.41, 5.74) is 1.28. The van der Waals surface area contributed by atoms with Gasteiger partial charge in [0, 0.05) is 0 Å². The second-order valence-electron chi connectivity index (χ2n) is 4.82. The highest BCUT2D eigenvalue weighted by atomic mass is 28.2. The summed E-state index contributed by atoms with van der Waals surface area (Å²) in [5, 5.41) is 0. The first-order chi connectivity index (χ1) is 8.35. The maximum Gasteiger partial charge on any atom is 0.162 e. The van der Waals surface area contributed by atoms with Crippen molar-refractivity contribution in [2.24, 2.45) is 0 Å². The SMILES string of the molecule is CCC1(COCc2ccccc2)CCC[SiH2]O1. The minimum atomic E-state index is -0.277. The molecule has 94 valence electrons. The Kier molecular flexibility index (Phi) is 4.77. The van der Waals surface area contributed by atoms with Gasteiger partial charge < -0.3 is 9.16 Å². The van der Waals surface area contributed by atoms with Crippen molar-refractivity contribution >= 4 is 9.76 Å². The van der Waals surface area contributed by atoms with E-state index in [1.807, 2.05) is 6.07 Å². The van der Waals surface area contributed by atoms with Crippen LogP contribution in [0, 0.1) is 0 Å². The minimum absolute atomic E-state index is 0.0409. The Bertz CT molecular complexity index is 320. The molecule has 2 rings (SSSR count). The quantitative estimate of drug-likeness (QED) is 0.748. The van der Waals surface area contributed by atoms with Crippen molar-refractivity contribution in [2.45, 2.75) is 44.4 Å². The zero-order valence-corrected chi connectivity index (χ0v) is 12.1. The Morgan fingerprint density at radius 3 is 2.82 bits per heavy atom. The van der Waals surface area contributed by atoms with E-state index in [-0.39, 0.29) is 15.4 Å². The first kappa shape index (κ1) is 12.8. The third-order valence-corrected chi connectivity index (χ3v) is 5.16. The zero-order chi connectivity index (χ0) is 12.0. The summed E-state index contributed by atoms with van der Waals surface area (Å²) in [6.45, 7) is 3.67. The molecule has 1 heterocycles. The fraction of sp³-hybridized carbons (Fsp3) is 0.571. The van der Waals surface area contributed by atoms with Gasteiger partial charge in [-0.3, -0.25) is 0 Å². The van der Waals surface area contributed by atoms with Crippen molar-refractivity contribution in [3.05, 3.63) is 35.9 Å². The van der Waals surface area contributed by atoms with Crippen LogP contribution < -0.4 is 0 Å². The predicted molar refractivity (Wildman–Crippen MR) is 72.8 cm³/mol. The van der Waals surface area contributed by atoms with Gasteiger partial charge >= 0.3 is 0 Å². The molecule has 1 aromatic carbocycles. The van der Waals surface area contributed by atoms with Crippen molar-refractivity contribution in [1.82, 2.24) is 0 Å². The van der Waals surface area contributed by atoms with Crippen LogP contribution in [0.1, 0.15) is 31.7 Å². The maximum absolute atomic E-state index is 6.07. The first-order valence-electron chi connectivity index (χ1n) is 6.60. The van der Waals surface area contributed by atoms with Crippen LogP contribution >= 0.6 is 0 Å². The molecule has 0 aromatic heterocycles. The molecule has 2 nitrogen and oxygen atoms in total. The van der Waals surface area contributed by atoms with Crippen molar-refractivity contribution in [1.29, 1.82) is 0 Å². The summed E-state index contributed by atoms with van der Waals surface area (Å²) in [4.78, 5) is 0. The molecule has 3 heteroatoms. The highest BCUT2D eigenvalue weighted by Gasteiger charge is 2.31. The highest BCUT2D eigenvalue weighted by molar-refractivity contribution is 6.27. The zero-order valence-electron chi connectivity index (χ0n) is 10.7. The summed E-state index contributed by atoms with van der Waals surface area (Å²) in [5.74, 6) is 0. The molecule has 1 atom stereocenters. The Balaban J connectivity index is 1.80. The summed E-state index contributed by atoms with van der Waals surface area (Å²) in [7, 11) is -0.277. The third-order valence-electron chi connectivity index (χ3n) is 3.56. The van der Waals surface area contributed by atoms with Crippen molar-refractivity contribution < 1.29 is 9.16 Å². The Morgan fingerprint density at radius 2 is 2.18 bits per heavy atom. The van der Waals surface area contributed by atoms with Gasteiger partial charge in [0.1, 0.15) is 0 Å². The van der Waals surface area contributed by atoms with E-state index in [2.05, 4.69) is 31.2 Å². The van der Waals surface area contributed by atoms with E-state index in [1.165, 1.54) is 24.4 Å². The van der Waals surface area contributed by atoms with E-state index in [9.17, 15) is 0 Å². The minimum Gasteiger partial charge on any atom is -0.416 e. The highest BCUT2D eigenvalue weighted by Crippen LogP contribution is 2.28. The van der Waals surface area contributed by atoms with Gasteiger partial charge in [0.2, 0.25) is 0 Å². The number of ether oxygens (including phenoxy) is 1. The molecule has 0 bridgehead atoms. The molecule has 0 amide bonds. The van der Waals surface area contributed by atoms with Gasteiger partial charge in [-0.15, -0.1) is 0 Å². The molecule has 0 spiro atoms. The van der Waals surface area contributed by atoms with E-state index in [0.717, 1.165) is 13.0 Å². The first-order valence-corrected chi connectivity index (χ1v) is 8.18. The van der Waals surface area contributed by atoms with E-state index in [0.29, 0.717) is 6.61 Å². The molecule has 1 aromatic rings. The number of hydrogen-bond acceptors (Lipinski definition) is 2. The number of hydrogen-bond donors (Lipinski definition) is 0. The van der Waals surface area contributed by atoms with Crippen LogP contribution in [0.3, 0.4) is 0 Å². The lowest BCUT2D eigenvalue weighted by Gasteiger charge is -2.36. The molecule has 0 radical (unpaired) electrons. The summed E-state index contributed by atoms with van der Waals surface area (Å²) >= 11 is 0. The van der Waals surface area contributed by atoms with E-state index >= 15 is 0 Å². The van der Waals surface area contributed by atoms with Gasteiger partial charge in [-0.1, -0.05) is 43.7 Å². The van der Waals surface area contributed by atoms with Gasteiger partial charge in [0.15, 0.2) is 9.76 Å². The van der Waals surface area contributed by atoms with E-state index in [4.69, 9.17) is 9.16 Å². The molecule has 17 heavy (non-hydrogen) atoms. The summed E-state index contributed by atoms with van der Waals surface area (Å²) in [6, 6.07) is 11.7. The van der Waals surface area contributed by atoms with Crippen LogP contribution in [0.5, 0.6) is 0 Å². The largest absolute Gasteiger partial charge is 0.416 e. The smallest absolute Gasteiger partial charge is 0.162 e. The lowest BCUT2D eigenvalue weighted by atomic mass is 9.96. The molecule has 0 saturated carbocycles. The van der Waals surface area contributed by atoms with Gasteiger partial charge in [0.25, 0.3) is 0 Å². The Morgan fingerprint density at radius 1 is 1.35 bits per heavy atom. The second-order valence-corrected chi connectivity index (χ2v) is 6.22. The number of benzene rings is 1. The van der Waals surface area contributed by atoms with Crippen molar-refractivity contribution in [3.63, 3.8) is 0 Å². The molecule has 0 aliphatic carbocycles. The molecule has 1 saturated heterocycles.